The van der Waals surface area contributed by atoms with Crippen LogP contribution >= 0.6 is 0 Å². The Kier molecular flexibility index (Phi) is 4.50. The number of rotatable bonds is 3. The van der Waals surface area contributed by atoms with Crippen LogP contribution in [0.1, 0.15) is 52.9 Å². The molecule has 1 N–H and O–H groups in total. The quantitative estimate of drug-likeness (QED) is 0.760. The molecular formula is C21H21N5O2. The predicted octanol–water partition coefficient (Wildman–Crippen LogP) is 2.81. The summed E-state index contributed by atoms with van der Waals surface area (Å²) in [7, 11) is 0. The van der Waals surface area contributed by atoms with Crippen molar-refractivity contribution in [1.29, 1.82) is 0 Å². The van der Waals surface area contributed by atoms with E-state index in [1.807, 2.05) is 30.3 Å². The van der Waals surface area contributed by atoms with E-state index < -0.39 is 0 Å². The zero-order valence-electron chi connectivity index (χ0n) is 16.1. The highest BCUT2D eigenvalue weighted by atomic mass is 16.2. The van der Waals surface area contributed by atoms with E-state index >= 15 is 0 Å². The molecule has 2 aromatic heterocycles. The minimum atomic E-state index is -0.174. The number of hydrogen-bond acceptors (Lipinski definition) is 5. The molecule has 3 aromatic rings. The standard InChI is InChI=1S/C21H21N5O2/c1-12(2)17-7-8-18(25-24-17)14-5-4-6-15(9-14)21(28)26-10-16-19(11-26)22-13(3)23-20(16)27/h4-9,12H,10-11H2,1-3H3,(H,22,23,27). The fraction of sp³-hybridized carbons (Fsp3) is 0.286. The Morgan fingerprint density at radius 1 is 1.14 bits per heavy atom. The Morgan fingerprint density at radius 3 is 2.68 bits per heavy atom. The van der Waals surface area contributed by atoms with Crippen molar-refractivity contribution in [2.45, 2.75) is 39.8 Å². The highest BCUT2D eigenvalue weighted by molar-refractivity contribution is 5.95. The Balaban J connectivity index is 1.59. The lowest BCUT2D eigenvalue weighted by atomic mass is 10.1. The molecule has 0 atom stereocenters. The normalized spacial score (nSPS) is 13.1. The van der Waals surface area contributed by atoms with E-state index in [1.165, 1.54) is 0 Å². The summed E-state index contributed by atoms with van der Waals surface area (Å²) < 4.78 is 0. The third-order valence-corrected chi connectivity index (χ3v) is 4.88. The maximum Gasteiger partial charge on any atom is 0.256 e. The monoisotopic (exact) mass is 375 g/mol. The summed E-state index contributed by atoms with van der Waals surface area (Å²) in [5.74, 6) is 0.735. The van der Waals surface area contributed by atoms with Gasteiger partial charge < -0.3 is 9.88 Å². The molecule has 1 aliphatic rings. The molecule has 3 heterocycles. The van der Waals surface area contributed by atoms with Gasteiger partial charge in [-0.05, 0) is 37.1 Å². The molecule has 142 valence electrons. The van der Waals surface area contributed by atoms with Crippen molar-refractivity contribution in [1.82, 2.24) is 25.1 Å². The number of nitrogens with one attached hydrogen (secondary N) is 1. The number of fused-ring (bicyclic) bond motifs is 1. The average molecular weight is 375 g/mol. The Morgan fingerprint density at radius 2 is 1.96 bits per heavy atom. The number of hydrogen-bond donors (Lipinski definition) is 1. The molecule has 0 fully saturated rings. The van der Waals surface area contributed by atoms with Crippen molar-refractivity contribution in [2.24, 2.45) is 0 Å². The molecule has 28 heavy (non-hydrogen) atoms. The number of aromatic amines is 1. The Labute approximate surface area is 162 Å². The number of nitrogens with zero attached hydrogens (tertiary/aromatic N) is 4. The number of benzene rings is 1. The highest BCUT2D eigenvalue weighted by Gasteiger charge is 2.28. The van der Waals surface area contributed by atoms with Gasteiger partial charge in [-0.25, -0.2) is 4.98 Å². The first kappa shape index (κ1) is 18.0. The van der Waals surface area contributed by atoms with Gasteiger partial charge in [0.05, 0.1) is 35.7 Å². The molecule has 0 saturated heterocycles. The third-order valence-electron chi connectivity index (χ3n) is 4.88. The van der Waals surface area contributed by atoms with Crippen molar-refractivity contribution < 1.29 is 4.79 Å². The summed E-state index contributed by atoms with van der Waals surface area (Å²) in [6.07, 6.45) is 0. The summed E-state index contributed by atoms with van der Waals surface area (Å²) in [6.45, 7) is 6.48. The Bertz CT molecular complexity index is 1100. The van der Waals surface area contributed by atoms with E-state index in [2.05, 4.69) is 34.0 Å². The van der Waals surface area contributed by atoms with E-state index in [0.29, 0.717) is 35.1 Å². The molecule has 1 aliphatic heterocycles. The van der Waals surface area contributed by atoms with Crippen molar-refractivity contribution in [3.63, 3.8) is 0 Å². The first-order chi connectivity index (χ1) is 13.4. The molecule has 4 rings (SSSR count). The average Bonchev–Trinajstić information content (AvgIpc) is 3.12. The number of aromatic nitrogens is 4. The molecular weight excluding hydrogens is 354 g/mol. The summed E-state index contributed by atoms with van der Waals surface area (Å²) in [5.41, 5.74) is 4.08. The first-order valence-electron chi connectivity index (χ1n) is 9.24. The molecule has 0 bridgehead atoms. The maximum absolute atomic E-state index is 13.0. The molecule has 0 aliphatic carbocycles. The lowest BCUT2D eigenvalue weighted by Crippen LogP contribution is -2.26. The van der Waals surface area contributed by atoms with Crippen molar-refractivity contribution >= 4 is 5.91 Å². The largest absolute Gasteiger partial charge is 0.328 e. The zero-order valence-corrected chi connectivity index (χ0v) is 16.1. The fourth-order valence-electron chi connectivity index (χ4n) is 3.33. The molecule has 7 nitrogen and oxygen atoms in total. The second-order valence-corrected chi connectivity index (χ2v) is 7.32. The van der Waals surface area contributed by atoms with E-state index in [0.717, 1.165) is 17.0 Å². The summed E-state index contributed by atoms with van der Waals surface area (Å²) in [5, 5.41) is 8.55. The minimum Gasteiger partial charge on any atom is -0.328 e. The van der Waals surface area contributed by atoms with Crippen LogP contribution in [-0.4, -0.2) is 31.0 Å². The molecule has 1 amide bonds. The molecule has 0 unspecified atom stereocenters. The van der Waals surface area contributed by atoms with Gasteiger partial charge in [-0.2, -0.15) is 10.2 Å². The fourth-order valence-corrected chi connectivity index (χ4v) is 3.33. The SMILES string of the molecule is Cc1nc2c(c(=O)[nH]1)CN(C(=O)c1cccc(-c3ccc(C(C)C)nn3)c1)C2. The number of carbonyl (C=O) groups excluding carboxylic acids is 1. The smallest absolute Gasteiger partial charge is 0.256 e. The lowest BCUT2D eigenvalue weighted by Gasteiger charge is -2.15. The van der Waals surface area contributed by atoms with Crippen molar-refractivity contribution in [3.8, 4) is 11.3 Å². The first-order valence-corrected chi connectivity index (χ1v) is 9.24. The van der Waals surface area contributed by atoms with Crippen LogP contribution in [0.25, 0.3) is 11.3 Å². The Hall–Kier alpha value is -3.35. The molecule has 1 aromatic carbocycles. The van der Waals surface area contributed by atoms with Gasteiger partial charge in [-0.1, -0.05) is 26.0 Å². The maximum atomic E-state index is 13.0. The van der Waals surface area contributed by atoms with E-state index in [9.17, 15) is 9.59 Å². The van der Waals surface area contributed by atoms with Gasteiger partial charge in [-0.3, -0.25) is 9.59 Å². The van der Waals surface area contributed by atoms with Crippen LogP contribution in [-0.2, 0) is 13.1 Å². The van der Waals surface area contributed by atoms with Gasteiger partial charge in [0.2, 0.25) is 0 Å². The van der Waals surface area contributed by atoms with E-state index in [1.54, 1.807) is 17.9 Å². The highest BCUT2D eigenvalue weighted by Crippen LogP contribution is 2.23. The molecule has 0 radical (unpaired) electrons. The number of aryl methyl sites for hydroxylation is 1. The van der Waals surface area contributed by atoms with Crippen LogP contribution in [0, 0.1) is 6.92 Å². The molecule has 0 saturated carbocycles. The number of amides is 1. The lowest BCUT2D eigenvalue weighted by molar-refractivity contribution is 0.0750. The van der Waals surface area contributed by atoms with Gasteiger partial charge >= 0.3 is 0 Å². The van der Waals surface area contributed by atoms with Gasteiger partial charge in [0.15, 0.2) is 0 Å². The topological polar surface area (TPSA) is 91.8 Å². The molecule has 7 heteroatoms. The van der Waals surface area contributed by atoms with Crippen molar-refractivity contribution in [3.05, 3.63) is 75.1 Å². The van der Waals surface area contributed by atoms with Gasteiger partial charge in [0.1, 0.15) is 5.82 Å². The number of carbonyl (C=O) groups is 1. The van der Waals surface area contributed by atoms with Gasteiger partial charge in [-0.15, -0.1) is 0 Å². The van der Waals surface area contributed by atoms with Crippen LogP contribution in [0.4, 0.5) is 0 Å². The van der Waals surface area contributed by atoms with Gasteiger partial charge in [0.25, 0.3) is 11.5 Å². The van der Waals surface area contributed by atoms with Crippen LogP contribution in [0.2, 0.25) is 0 Å². The van der Waals surface area contributed by atoms with Crippen LogP contribution < -0.4 is 5.56 Å². The minimum absolute atomic E-state index is 0.135. The summed E-state index contributed by atoms with van der Waals surface area (Å²) in [4.78, 5) is 33.8. The summed E-state index contributed by atoms with van der Waals surface area (Å²) >= 11 is 0. The second kappa shape index (κ2) is 6.99. The predicted molar refractivity (Wildman–Crippen MR) is 105 cm³/mol. The molecule has 0 spiro atoms. The van der Waals surface area contributed by atoms with Crippen molar-refractivity contribution in [2.75, 3.05) is 0 Å². The second-order valence-electron chi connectivity index (χ2n) is 7.32. The zero-order chi connectivity index (χ0) is 19.8. The van der Waals surface area contributed by atoms with Gasteiger partial charge in [0, 0.05) is 11.1 Å². The van der Waals surface area contributed by atoms with E-state index in [-0.39, 0.29) is 18.0 Å². The van der Waals surface area contributed by atoms with E-state index in [4.69, 9.17) is 0 Å². The van der Waals surface area contributed by atoms with Crippen LogP contribution in [0.3, 0.4) is 0 Å². The van der Waals surface area contributed by atoms with Crippen LogP contribution in [0.5, 0.6) is 0 Å². The number of H-pyrrole nitrogens is 1. The van der Waals surface area contributed by atoms with Crippen LogP contribution in [0.15, 0.2) is 41.2 Å². The third kappa shape index (κ3) is 3.31. The summed E-state index contributed by atoms with van der Waals surface area (Å²) in [6, 6.07) is 11.2.